The molecular weight excluding hydrogens is 296 g/mol. The normalized spacial score (nSPS) is 19.6. The van der Waals surface area contributed by atoms with Gasteiger partial charge in [0.05, 0.1) is 0 Å². The largest absolute Gasteiger partial charge is 0.359 e. The maximum Gasteiger partial charge on any atom is 0.225 e. The van der Waals surface area contributed by atoms with Gasteiger partial charge in [0.2, 0.25) is 5.91 Å². The summed E-state index contributed by atoms with van der Waals surface area (Å²) in [7, 11) is 0. The van der Waals surface area contributed by atoms with Gasteiger partial charge in [0, 0.05) is 32.1 Å². The smallest absolute Gasteiger partial charge is 0.225 e. The Morgan fingerprint density at radius 1 is 1.35 bits per heavy atom. The van der Waals surface area contributed by atoms with Crippen molar-refractivity contribution in [2.75, 3.05) is 31.1 Å². The molecule has 7 heteroatoms. The van der Waals surface area contributed by atoms with Crippen LogP contribution in [0.2, 0.25) is 5.15 Å². The monoisotopic (exact) mass is 310 g/mol. The van der Waals surface area contributed by atoms with Crippen molar-refractivity contribution in [3.63, 3.8) is 0 Å². The summed E-state index contributed by atoms with van der Waals surface area (Å²) in [6.07, 6.45) is 3.00. The van der Waals surface area contributed by atoms with Crippen LogP contribution < -0.4 is 4.90 Å². The van der Waals surface area contributed by atoms with Gasteiger partial charge in [-0.1, -0.05) is 11.6 Å². The van der Waals surface area contributed by atoms with Crippen LogP contribution in [0, 0.1) is 17.2 Å². The van der Waals surface area contributed by atoms with Crippen molar-refractivity contribution in [3.8, 4) is 6.07 Å². The second kappa shape index (κ2) is 5.58. The molecule has 0 N–H and O–H groups in total. The van der Waals surface area contributed by atoms with Gasteiger partial charge in [0.25, 0.3) is 0 Å². The minimum absolute atomic E-state index is 0.272. The first-order chi connectivity index (χ1) is 9.70. The third kappa shape index (κ3) is 2.60. The summed E-state index contributed by atoms with van der Waals surface area (Å²) >= 11 is 7.18. The van der Waals surface area contributed by atoms with Crippen LogP contribution in [0.1, 0.15) is 24.8 Å². The van der Waals surface area contributed by atoms with Crippen LogP contribution in [0.4, 0.5) is 5.00 Å². The van der Waals surface area contributed by atoms with E-state index in [4.69, 9.17) is 16.9 Å². The number of carbonyl (C=O) groups excluding carboxylic acids is 1. The van der Waals surface area contributed by atoms with Crippen molar-refractivity contribution < 1.29 is 4.79 Å². The highest BCUT2D eigenvalue weighted by molar-refractivity contribution is 7.10. The van der Waals surface area contributed by atoms with Gasteiger partial charge < -0.3 is 9.80 Å². The van der Waals surface area contributed by atoms with Gasteiger partial charge in [0.1, 0.15) is 16.6 Å². The Morgan fingerprint density at radius 3 is 2.85 bits per heavy atom. The number of nitrogens with zero attached hydrogens (tertiary/aromatic N) is 4. The van der Waals surface area contributed by atoms with E-state index in [1.165, 1.54) is 11.5 Å². The molecule has 3 rings (SSSR count). The average molecular weight is 311 g/mol. The lowest BCUT2D eigenvalue weighted by Gasteiger charge is -2.22. The third-order valence-corrected chi connectivity index (χ3v) is 5.05. The predicted octanol–water partition coefficient (Wildman–Crippen LogP) is 2.12. The first kappa shape index (κ1) is 13.7. The molecule has 1 amide bonds. The molecule has 1 saturated carbocycles. The molecule has 1 aromatic heterocycles. The summed E-state index contributed by atoms with van der Waals surface area (Å²) in [5.74, 6) is 0.573. The number of aromatic nitrogens is 1. The SMILES string of the molecule is N#Cc1c(Cl)nsc1N1CCCN(C(=O)C2CC2)CC1. The molecular formula is C13H15ClN4OS. The minimum atomic E-state index is 0.272. The quantitative estimate of drug-likeness (QED) is 0.839. The van der Waals surface area contributed by atoms with Crippen LogP contribution >= 0.6 is 23.1 Å². The average Bonchev–Trinajstić information content (AvgIpc) is 3.25. The fraction of sp³-hybridized carbons (Fsp3) is 0.615. The molecule has 1 saturated heterocycles. The first-order valence-electron chi connectivity index (χ1n) is 6.79. The lowest BCUT2D eigenvalue weighted by atomic mass is 10.3. The summed E-state index contributed by atoms with van der Waals surface area (Å²) < 4.78 is 4.05. The predicted molar refractivity (Wildman–Crippen MR) is 78.0 cm³/mol. The van der Waals surface area contributed by atoms with E-state index in [0.29, 0.717) is 11.5 Å². The molecule has 0 unspecified atom stereocenters. The van der Waals surface area contributed by atoms with Crippen molar-refractivity contribution >= 4 is 34.0 Å². The highest BCUT2D eigenvalue weighted by Gasteiger charge is 2.34. The van der Waals surface area contributed by atoms with E-state index in [1.807, 2.05) is 4.90 Å². The second-order valence-electron chi connectivity index (χ2n) is 5.21. The van der Waals surface area contributed by atoms with E-state index in [0.717, 1.165) is 50.4 Å². The second-order valence-corrected chi connectivity index (χ2v) is 6.32. The number of nitriles is 1. The van der Waals surface area contributed by atoms with Crippen LogP contribution in [0.5, 0.6) is 0 Å². The van der Waals surface area contributed by atoms with Gasteiger partial charge in [-0.3, -0.25) is 4.79 Å². The number of carbonyl (C=O) groups is 1. The van der Waals surface area contributed by atoms with Crippen LogP contribution in [0.15, 0.2) is 0 Å². The molecule has 2 aliphatic rings. The summed E-state index contributed by atoms with van der Waals surface area (Å²) in [4.78, 5) is 16.2. The van der Waals surface area contributed by atoms with Crippen LogP contribution in [-0.2, 0) is 4.79 Å². The maximum absolute atomic E-state index is 12.1. The fourth-order valence-corrected chi connectivity index (χ4v) is 3.58. The van der Waals surface area contributed by atoms with Gasteiger partial charge in [-0.05, 0) is 30.8 Å². The zero-order chi connectivity index (χ0) is 14.1. The van der Waals surface area contributed by atoms with Crippen molar-refractivity contribution in [2.24, 2.45) is 5.92 Å². The lowest BCUT2D eigenvalue weighted by molar-refractivity contribution is -0.132. The standard InChI is InChI=1S/C13H15ClN4OS/c14-11-10(8-15)13(20-16-11)18-5-1-4-17(6-7-18)12(19)9-2-3-9/h9H,1-7H2. The molecule has 5 nitrogen and oxygen atoms in total. The molecule has 106 valence electrons. The zero-order valence-corrected chi connectivity index (χ0v) is 12.6. The maximum atomic E-state index is 12.1. The molecule has 20 heavy (non-hydrogen) atoms. The van der Waals surface area contributed by atoms with E-state index in [9.17, 15) is 4.79 Å². The van der Waals surface area contributed by atoms with Crippen LogP contribution in [-0.4, -0.2) is 41.4 Å². The topological polar surface area (TPSA) is 60.2 Å². The number of amides is 1. The Morgan fingerprint density at radius 2 is 2.15 bits per heavy atom. The van der Waals surface area contributed by atoms with E-state index in [2.05, 4.69) is 15.3 Å². The molecule has 0 radical (unpaired) electrons. The summed E-state index contributed by atoms with van der Waals surface area (Å²) in [5, 5.41) is 10.3. The van der Waals surface area contributed by atoms with E-state index < -0.39 is 0 Å². The van der Waals surface area contributed by atoms with Gasteiger partial charge >= 0.3 is 0 Å². The third-order valence-electron chi connectivity index (χ3n) is 3.77. The van der Waals surface area contributed by atoms with E-state index >= 15 is 0 Å². The summed E-state index contributed by atoms with van der Waals surface area (Å²) in [6, 6.07) is 2.12. The van der Waals surface area contributed by atoms with Crippen molar-refractivity contribution in [1.29, 1.82) is 5.26 Å². The van der Waals surface area contributed by atoms with E-state index in [-0.39, 0.29) is 11.1 Å². The first-order valence-corrected chi connectivity index (χ1v) is 7.95. The Hall–Kier alpha value is -1.32. The van der Waals surface area contributed by atoms with Crippen molar-refractivity contribution in [2.45, 2.75) is 19.3 Å². The molecule has 2 heterocycles. The zero-order valence-electron chi connectivity index (χ0n) is 11.0. The Balaban J connectivity index is 1.70. The molecule has 0 spiro atoms. The number of hydrogen-bond donors (Lipinski definition) is 0. The number of rotatable bonds is 2. The molecule has 1 aromatic rings. The molecule has 0 bridgehead atoms. The molecule has 0 atom stereocenters. The van der Waals surface area contributed by atoms with Crippen LogP contribution in [0.25, 0.3) is 0 Å². The number of halogens is 1. The highest BCUT2D eigenvalue weighted by atomic mass is 35.5. The Labute approximate surface area is 126 Å². The van der Waals surface area contributed by atoms with Gasteiger partial charge in [-0.2, -0.15) is 9.64 Å². The van der Waals surface area contributed by atoms with Gasteiger partial charge in [-0.15, -0.1) is 0 Å². The fourth-order valence-electron chi connectivity index (χ4n) is 2.50. The van der Waals surface area contributed by atoms with Crippen molar-refractivity contribution in [3.05, 3.63) is 10.7 Å². The number of hydrogen-bond acceptors (Lipinski definition) is 5. The Kier molecular flexibility index (Phi) is 3.81. The summed E-state index contributed by atoms with van der Waals surface area (Å²) in [5.41, 5.74) is 0.457. The van der Waals surface area contributed by atoms with Gasteiger partial charge in [-0.25, -0.2) is 0 Å². The minimum Gasteiger partial charge on any atom is -0.359 e. The summed E-state index contributed by atoms with van der Waals surface area (Å²) in [6.45, 7) is 3.10. The molecule has 1 aliphatic carbocycles. The Bertz CT molecular complexity index is 563. The van der Waals surface area contributed by atoms with Crippen LogP contribution in [0.3, 0.4) is 0 Å². The van der Waals surface area contributed by atoms with Crippen molar-refractivity contribution in [1.82, 2.24) is 9.27 Å². The molecule has 2 fully saturated rings. The molecule has 0 aromatic carbocycles. The lowest BCUT2D eigenvalue weighted by Crippen LogP contribution is -2.36. The van der Waals surface area contributed by atoms with E-state index in [1.54, 1.807) is 0 Å². The highest BCUT2D eigenvalue weighted by Crippen LogP contribution is 2.33. The molecule has 1 aliphatic heterocycles. The number of anilines is 1. The van der Waals surface area contributed by atoms with Gasteiger partial charge in [0.15, 0.2) is 5.15 Å².